The minimum Gasteiger partial charge on any atom is -0.488 e. The molecule has 0 saturated heterocycles. The third-order valence-electron chi connectivity index (χ3n) is 7.54. The van der Waals surface area contributed by atoms with Crippen LogP contribution >= 0.6 is 22.7 Å². The van der Waals surface area contributed by atoms with Crippen molar-refractivity contribution in [1.82, 2.24) is 20.2 Å². The molecule has 0 unspecified atom stereocenters. The molecule has 6 aromatic rings. The Hall–Kier alpha value is -5.98. The summed E-state index contributed by atoms with van der Waals surface area (Å²) in [6, 6.07) is 22.4. The van der Waals surface area contributed by atoms with Crippen molar-refractivity contribution in [3.05, 3.63) is 93.9 Å². The number of thiazole rings is 2. The van der Waals surface area contributed by atoms with E-state index in [2.05, 4.69) is 25.5 Å². The number of ether oxygens (including phenoxy) is 2. The average Bonchev–Trinajstić information content (AvgIpc) is 3.79. The van der Waals surface area contributed by atoms with Crippen LogP contribution in [0.2, 0.25) is 0 Å². The van der Waals surface area contributed by atoms with Crippen LogP contribution in [0.3, 0.4) is 0 Å². The molecule has 0 atom stereocenters. The number of H-pyrrole nitrogens is 1. The van der Waals surface area contributed by atoms with Gasteiger partial charge in [0.25, 0.3) is 5.91 Å². The summed E-state index contributed by atoms with van der Waals surface area (Å²) in [5, 5.41) is 29.5. The first-order valence-electron chi connectivity index (χ1n) is 14.3. The van der Waals surface area contributed by atoms with Crippen LogP contribution in [0, 0.1) is 11.3 Å². The Labute approximate surface area is 274 Å². The molecule has 47 heavy (non-hydrogen) atoms. The summed E-state index contributed by atoms with van der Waals surface area (Å²) in [6.45, 7) is 0.961. The van der Waals surface area contributed by atoms with Crippen molar-refractivity contribution in [2.24, 2.45) is 0 Å². The number of amides is 1. The number of para-hydroxylation sites is 1. The van der Waals surface area contributed by atoms with E-state index in [4.69, 9.17) is 15.2 Å². The molecule has 0 aliphatic carbocycles. The van der Waals surface area contributed by atoms with Gasteiger partial charge in [-0.3, -0.25) is 15.2 Å². The fourth-order valence-electron chi connectivity index (χ4n) is 5.33. The predicted molar refractivity (Wildman–Crippen MR) is 177 cm³/mol. The molecule has 13 nitrogen and oxygen atoms in total. The van der Waals surface area contributed by atoms with E-state index < -0.39 is 6.16 Å². The number of rotatable bonds is 8. The number of nitrogen functional groups attached to an aromatic ring is 1. The van der Waals surface area contributed by atoms with Gasteiger partial charge < -0.3 is 25.2 Å². The van der Waals surface area contributed by atoms with Crippen molar-refractivity contribution < 1.29 is 24.2 Å². The molecule has 0 fully saturated rings. The number of hydrogen-bond donors (Lipinski definition) is 4. The van der Waals surface area contributed by atoms with Crippen molar-refractivity contribution in [2.75, 3.05) is 22.5 Å². The molecular weight excluding hydrogens is 641 g/mol. The van der Waals surface area contributed by atoms with E-state index in [0.29, 0.717) is 57.2 Å². The molecule has 1 aliphatic heterocycles. The molecule has 3 aromatic carbocycles. The lowest BCUT2D eigenvalue weighted by atomic mass is 9.94. The predicted octanol–water partition coefficient (Wildman–Crippen LogP) is 6.05. The van der Waals surface area contributed by atoms with E-state index in [9.17, 15) is 20.0 Å². The summed E-state index contributed by atoms with van der Waals surface area (Å²) in [4.78, 5) is 36.5. The van der Waals surface area contributed by atoms with Crippen LogP contribution in [0.1, 0.15) is 31.9 Å². The van der Waals surface area contributed by atoms with E-state index in [-0.39, 0.29) is 29.8 Å². The second-order valence-electron chi connectivity index (χ2n) is 10.4. The highest BCUT2D eigenvalue weighted by molar-refractivity contribution is 7.22. The van der Waals surface area contributed by atoms with Gasteiger partial charge in [-0.2, -0.15) is 15.3 Å². The van der Waals surface area contributed by atoms with Gasteiger partial charge in [-0.15, -0.1) is 0 Å². The van der Waals surface area contributed by atoms with E-state index in [1.807, 2.05) is 47.4 Å². The average molecular weight is 665 g/mol. The maximum absolute atomic E-state index is 13.5. The first kappa shape index (κ1) is 29.7. The summed E-state index contributed by atoms with van der Waals surface area (Å²) in [5.41, 5.74) is 10.4. The highest BCUT2D eigenvalue weighted by Gasteiger charge is 2.27. The van der Waals surface area contributed by atoms with Crippen molar-refractivity contribution >= 4 is 61.0 Å². The maximum atomic E-state index is 13.5. The Morgan fingerprint density at radius 2 is 1.96 bits per heavy atom. The van der Waals surface area contributed by atoms with Gasteiger partial charge in [0.15, 0.2) is 16.1 Å². The number of nitriles is 1. The SMILES string of the molecule is N#Cc1c(N)n[nH]c1-c1cccc(OCc2sc(N3CCc4cccc(C(=O)Nc5nc6ccccc6s5)c4C3)nc2OC(=O)O)c1. The smallest absolute Gasteiger partial charge is 0.488 e. The van der Waals surface area contributed by atoms with Gasteiger partial charge in [0.05, 0.1) is 15.9 Å². The zero-order chi connectivity index (χ0) is 32.5. The van der Waals surface area contributed by atoms with Crippen LogP contribution < -0.4 is 25.4 Å². The zero-order valence-corrected chi connectivity index (χ0v) is 26.0. The lowest BCUT2D eigenvalue weighted by Gasteiger charge is -2.29. The van der Waals surface area contributed by atoms with Gasteiger partial charge in [0.1, 0.15) is 28.9 Å². The van der Waals surface area contributed by atoms with Gasteiger partial charge in [-0.1, -0.05) is 59.1 Å². The van der Waals surface area contributed by atoms with Crippen LogP contribution in [-0.2, 0) is 19.6 Å². The lowest BCUT2D eigenvalue weighted by Crippen LogP contribution is -2.32. The zero-order valence-electron chi connectivity index (χ0n) is 24.4. The van der Waals surface area contributed by atoms with Crippen LogP contribution in [0.15, 0.2) is 66.7 Å². The lowest BCUT2D eigenvalue weighted by molar-refractivity contribution is 0.102. The number of nitrogens with one attached hydrogen (secondary N) is 2. The summed E-state index contributed by atoms with van der Waals surface area (Å²) in [7, 11) is 0. The van der Waals surface area contributed by atoms with Crippen molar-refractivity contribution in [2.45, 2.75) is 19.6 Å². The molecule has 4 heterocycles. The van der Waals surface area contributed by atoms with Gasteiger partial charge in [0, 0.05) is 24.2 Å². The minimum absolute atomic E-state index is 0.0276. The summed E-state index contributed by atoms with van der Waals surface area (Å²) in [6.07, 6.45) is -0.836. The minimum atomic E-state index is -1.50. The first-order valence-corrected chi connectivity index (χ1v) is 15.9. The molecule has 3 aromatic heterocycles. The molecule has 7 rings (SSSR count). The largest absolute Gasteiger partial charge is 0.512 e. The van der Waals surface area contributed by atoms with Crippen molar-refractivity contribution in [3.63, 3.8) is 0 Å². The van der Waals surface area contributed by atoms with Gasteiger partial charge in [0.2, 0.25) is 5.88 Å². The number of carbonyl (C=O) groups is 2. The Morgan fingerprint density at radius 3 is 2.79 bits per heavy atom. The fourth-order valence-corrected chi connectivity index (χ4v) is 7.12. The maximum Gasteiger partial charge on any atom is 0.512 e. The number of carboxylic acid groups (broad SMARTS) is 1. The third-order valence-corrected chi connectivity index (χ3v) is 9.56. The van der Waals surface area contributed by atoms with Crippen LogP contribution in [0.4, 0.5) is 20.9 Å². The Kier molecular flexibility index (Phi) is 7.86. The second-order valence-corrected chi connectivity index (χ2v) is 12.5. The Balaban J connectivity index is 1.11. The topological polar surface area (TPSA) is 192 Å². The summed E-state index contributed by atoms with van der Waals surface area (Å²) in [5.74, 6) is 0.233. The first-order chi connectivity index (χ1) is 22.9. The molecule has 0 radical (unpaired) electrons. The molecule has 1 aliphatic rings. The van der Waals surface area contributed by atoms with Crippen LogP contribution in [0.5, 0.6) is 11.6 Å². The molecule has 1 amide bonds. The van der Waals surface area contributed by atoms with E-state index in [0.717, 1.165) is 21.3 Å². The highest BCUT2D eigenvalue weighted by atomic mass is 32.1. The molecule has 5 N–H and O–H groups in total. The summed E-state index contributed by atoms with van der Waals surface area (Å²) < 4.78 is 12.0. The van der Waals surface area contributed by atoms with Crippen LogP contribution in [0.25, 0.3) is 21.5 Å². The Bertz CT molecular complexity index is 2170. The van der Waals surface area contributed by atoms with Crippen molar-refractivity contribution in [1.29, 1.82) is 5.26 Å². The molecule has 15 heteroatoms. The molecule has 0 spiro atoms. The highest BCUT2D eigenvalue weighted by Crippen LogP contribution is 2.37. The number of aromatic amines is 1. The van der Waals surface area contributed by atoms with Crippen molar-refractivity contribution in [3.8, 4) is 29.0 Å². The normalized spacial score (nSPS) is 12.4. The van der Waals surface area contributed by atoms with E-state index in [1.54, 1.807) is 30.3 Å². The Morgan fingerprint density at radius 1 is 1.11 bits per heavy atom. The molecule has 234 valence electrons. The quantitative estimate of drug-likeness (QED) is 0.139. The van der Waals surface area contributed by atoms with Gasteiger partial charge in [-0.05, 0) is 47.9 Å². The number of anilines is 3. The number of nitrogens with zero attached hydrogens (tertiary/aromatic N) is 5. The van der Waals surface area contributed by atoms with Crippen LogP contribution in [-0.4, -0.2) is 43.9 Å². The number of nitrogens with two attached hydrogens (primary N) is 1. The standard InChI is InChI=1S/C32H24N8O5S2/c33-14-21-26(38-39-27(21)34)18-6-3-7-19(13-18)44-16-25-29(45-32(42)43)37-31(47-25)40-12-11-17-5-4-8-20(22(17)15-40)28(41)36-30-35-23-9-1-2-10-24(23)46-30/h1-10,13H,11-12,15-16H2,(H,42,43)(H3,34,38,39)(H,35,36,41). The molecule has 0 bridgehead atoms. The number of fused-ring (bicyclic) bond motifs is 2. The van der Waals surface area contributed by atoms with Gasteiger partial charge >= 0.3 is 6.16 Å². The number of carbonyl (C=O) groups excluding carboxylic acids is 1. The molecule has 0 saturated carbocycles. The monoisotopic (exact) mass is 664 g/mol. The van der Waals surface area contributed by atoms with E-state index >= 15 is 0 Å². The second kappa shape index (κ2) is 12.4. The fraction of sp³-hybridized carbons (Fsp3) is 0.125. The summed E-state index contributed by atoms with van der Waals surface area (Å²) >= 11 is 2.66. The number of hydrogen-bond acceptors (Lipinski definition) is 12. The van der Waals surface area contributed by atoms with Gasteiger partial charge in [-0.25, -0.2) is 9.78 Å². The third kappa shape index (κ3) is 6.02. The number of benzene rings is 3. The number of aromatic nitrogens is 4. The van der Waals surface area contributed by atoms with E-state index in [1.165, 1.54) is 22.7 Å². The molecular formula is C32H24N8O5S2.